The molecule has 1 rings (SSSR count). The highest BCUT2D eigenvalue weighted by molar-refractivity contribution is 7.13. The van der Waals surface area contributed by atoms with Crippen molar-refractivity contribution in [2.24, 2.45) is 0 Å². The van der Waals surface area contributed by atoms with Crippen LogP contribution in [0.5, 0.6) is 0 Å². The highest BCUT2D eigenvalue weighted by Gasteiger charge is 2.14. The van der Waals surface area contributed by atoms with E-state index in [1.54, 1.807) is 19.2 Å². The molecule has 0 radical (unpaired) electrons. The molecule has 1 unspecified atom stereocenters. The van der Waals surface area contributed by atoms with Crippen molar-refractivity contribution in [1.29, 1.82) is 0 Å². The Kier molecular flexibility index (Phi) is 5.05. The summed E-state index contributed by atoms with van der Waals surface area (Å²) >= 11 is 1.07. The molecule has 1 aromatic rings. The first-order valence-corrected chi connectivity index (χ1v) is 6.04. The largest absolute Gasteiger partial charge is 0.465 e. The third-order valence-electron chi connectivity index (χ3n) is 2.07. The van der Waals surface area contributed by atoms with E-state index in [4.69, 9.17) is 4.74 Å². The molecule has 0 amide bonds. The van der Waals surface area contributed by atoms with E-state index >= 15 is 0 Å². The zero-order valence-electron chi connectivity index (χ0n) is 9.63. The monoisotopic (exact) mass is 258 g/mol. The summed E-state index contributed by atoms with van der Waals surface area (Å²) in [5, 5.41) is 15.2. The number of rotatable bonds is 6. The fraction of sp³-hybridized carbons (Fsp3) is 0.500. The van der Waals surface area contributed by atoms with Gasteiger partial charge in [-0.25, -0.2) is 0 Å². The van der Waals surface area contributed by atoms with Gasteiger partial charge in [-0.1, -0.05) is 11.3 Å². The molecule has 0 aliphatic heterocycles. The number of esters is 1. The third-order valence-corrected chi connectivity index (χ3v) is 3.00. The molecule has 1 aromatic heterocycles. The van der Waals surface area contributed by atoms with Gasteiger partial charge in [-0.05, 0) is 19.4 Å². The van der Waals surface area contributed by atoms with Crippen LogP contribution in [0, 0.1) is 10.1 Å². The predicted molar refractivity (Wildman–Crippen MR) is 63.9 cm³/mol. The van der Waals surface area contributed by atoms with E-state index < -0.39 is 11.0 Å². The lowest BCUT2D eigenvalue weighted by Gasteiger charge is -2.11. The van der Waals surface area contributed by atoms with Crippen LogP contribution in [0.25, 0.3) is 0 Å². The second kappa shape index (κ2) is 6.31. The van der Waals surface area contributed by atoms with Crippen LogP contribution in [-0.2, 0) is 16.1 Å². The standard InChI is InChI=1S/C10H14N2O4S/c1-3-16-10(13)7(2)11-5-8-4-9(12(14)15)17-6-8/h4,6-7,11H,3,5H2,1-2H3. The first kappa shape index (κ1) is 13.6. The van der Waals surface area contributed by atoms with Gasteiger partial charge in [-0.2, -0.15) is 0 Å². The van der Waals surface area contributed by atoms with E-state index in [0.717, 1.165) is 16.9 Å². The van der Waals surface area contributed by atoms with Crippen molar-refractivity contribution < 1.29 is 14.5 Å². The van der Waals surface area contributed by atoms with Gasteiger partial charge in [0.05, 0.1) is 11.5 Å². The van der Waals surface area contributed by atoms with Gasteiger partial charge in [-0.3, -0.25) is 14.9 Å². The molecular formula is C10H14N2O4S. The van der Waals surface area contributed by atoms with Gasteiger partial charge >= 0.3 is 11.0 Å². The van der Waals surface area contributed by atoms with Crippen molar-refractivity contribution in [1.82, 2.24) is 5.32 Å². The lowest BCUT2D eigenvalue weighted by Crippen LogP contribution is -2.34. The van der Waals surface area contributed by atoms with Crippen LogP contribution in [0.2, 0.25) is 0 Å². The number of nitrogens with one attached hydrogen (secondary N) is 1. The minimum atomic E-state index is -0.428. The zero-order valence-corrected chi connectivity index (χ0v) is 10.5. The lowest BCUT2D eigenvalue weighted by atomic mass is 10.3. The highest BCUT2D eigenvalue weighted by atomic mass is 32.1. The Balaban J connectivity index is 2.44. The van der Waals surface area contributed by atoms with Gasteiger partial charge < -0.3 is 10.1 Å². The SMILES string of the molecule is CCOC(=O)C(C)NCc1csc([N+](=O)[O-])c1. The Morgan fingerprint density at radius 1 is 1.71 bits per heavy atom. The minimum Gasteiger partial charge on any atom is -0.465 e. The average molecular weight is 258 g/mol. The van der Waals surface area contributed by atoms with E-state index in [1.165, 1.54) is 6.07 Å². The van der Waals surface area contributed by atoms with E-state index in [-0.39, 0.29) is 11.0 Å². The molecular weight excluding hydrogens is 244 g/mol. The number of carbonyl (C=O) groups excluding carboxylic acids is 1. The maximum absolute atomic E-state index is 11.3. The zero-order chi connectivity index (χ0) is 12.8. The molecule has 17 heavy (non-hydrogen) atoms. The van der Waals surface area contributed by atoms with E-state index in [0.29, 0.717) is 13.2 Å². The van der Waals surface area contributed by atoms with Gasteiger partial charge in [0.1, 0.15) is 6.04 Å². The van der Waals surface area contributed by atoms with Crippen molar-refractivity contribution in [3.63, 3.8) is 0 Å². The third kappa shape index (κ3) is 4.12. The minimum absolute atomic E-state index is 0.102. The molecule has 0 aromatic carbocycles. The number of hydrogen-bond acceptors (Lipinski definition) is 6. The Hall–Kier alpha value is -1.47. The number of nitro groups is 1. The smallest absolute Gasteiger partial charge is 0.324 e. The second-order valence-electron chi connectivity index (χ2n) is 3.40. The number of nitrogens with zero attached hydrogens (tertiary/aromatic N) is 1. The number of thiophene rings is 1. The lowest BCUT2D eigenvalue weighted by molar-refractivity contribution is -0.380. The van der Waals surface area contributed by atoms with Crippen molar-refractivity contribution >= 4 is 22.3 Å². The predicted octanol–water partition coefficient (Wildman–Crippen LogP) is 1.70. The first-order valence-electron chi connectivity index (χ1n) is 5.16. The molecule has 0 fully saturated rings. The van der Waals surface area contributed by atoms with Gasteiger partial charge in [0, 0.05) is 18.0 Å². The summed E-state index contributed by atoms with van der Waals surface area (Å²) in [7, 11) is 0. The molecule has 6 nitrogen and oxygen atoms in total. The highest BCUT2D eigenvalue weighted by Crippen LogP contribution is 2.22. The molecule has 0 saturated heterocycles. The summed E-state index contributed by atoms with van der Waals surface area (Å²) in [4.78, 5) is 21.3. The van der Waals surface area contributed by atoms with Crippen molar-refractivity contribution in [2.45, 2.75) is 26.4 Å². The van der Waals surface area contributed by atoms with E-state index in [9.17, 15) is 14.9 Å². The van der Waals surface area contributed by atoms with Crippen molar-refractivity contribution in [3.05, 3.63) is 27.1 Å². The van der Waals surface area contributed by atoms with E-state index in [1.807, 2.05) is 0 Å². The Labute approximate surface area is 103 Å². The molecule has 0 aliphatic rings. The summed E-state index contributed by atoms with van der Waals surface area (Å²) in [5.74, 6) is -0.322. The first-order chi connectivity index (χ1) is 8.04. The van der Waals surface area contributed by atoms with Gasteiger partial charge in [0.25, 0.3) is 0 Å². The van der Waals surface area contributed by atoms with Gasteiger partial charge in [-0.15, -0.1) is 0 Å². The summed E-state index contributed by atoms with van der Waals surface area (Å²) in [6.45, 7) is 4.19. The molecule has 0 saturated carbocycles. The maximum atomic E-state index is 11.3. The van der Waals surface area contributed by atoms with Gasteiger partial charge in [0.15, 0.2) is 0 Å². The fourth-order valence-corrected chi connectivity index (χ4v) is 1.90. The fourth-order valence-electron chi connectivity index (χ4n) is 1.17. The van der Waals surface area contributed by atoms with Crippen LogP contribution < -0.4 is 5.32 Å². The molecule has 1 atom stereocenters. The van der Waals surface area contributed by atoms with Crippen LogP contribution in [0.3, 0.4) is 0 Å². The normalized spacial score (nSPS) is 12.1. The maximum Gasteiger partial charge on any atom is 0.324 e. The molecule has 1 N–H and O–H groups in total. The molecule has 1 heterocycles. The quantitative estimate of drug-likeness (QED) is 0.477. The summed E-state index contributed by atoms with van der Waals surface area (Å²) in [6, 6.07) is 1.07. The summed E-state index contributed by atoms with van der Waals surface area (Å²) < 4.78 is 4.83. The molecule has 0 aliphatic carbocycles. The van der Waals surface area contributed by atoms with Gasteiger partial charge in [0.2, 0.25) is 0 Å². The van der Waals surface area contributed by atoms with Crippen LogP contribution in [-0.4, -0.2) is 23.5 Å². The summed E-state index contributed by atoms with van der Waals surface area (Å²) in [5.41, 5.74) is 0.790. The van der Waals surface area contributed by atoms with Crippen molar-refractivity contribution in [2.75, 3.05) is 6.61 Å². The molecule has 0 bridgehead atoms. The average Bonchev–Trinajstić information content (AvgIpc) is 2.75. The number of ether oxygens (including phenoxy) is 1. The van der Waals surface area contributed by atoms with E-state index in [2.05, 4.69) is 5.32 Å². The Bertz CT molecular complexity index is 405. The van der Waals surface area contributed by atoms with Crippen LogP contribution in [0.15, 0.2) is 11.4 Å². The van der Waals surface area contributed by atoms with Crippen molar-refractivity contribution in [3.8, 4) is 0 Å². The second-order valence-corrected chi connectivity index (χ2v) is 4.29. The molecule has 94 valence electrons. The Morgan fingerprint density at radius 2 is 2.41 bits per heavy atom. The van der Waals surface area contributed by atoms with Crippen LogP contribution in [0.4, 0.5) is 5.00 Å². The molecule has 0 spiro atoms. The van der Waals surface area contributed by atoms with Crippen LogP contribution >= 0.6 is 11.3 Å². The topological polar surface area (TPSA) is 81.5 Å². The Morgan fingerprint density at radius 3 is 2.94 bits per heavy atom. The molecule has 7 heteroatoms. The summed E-state index contributed by atoms with van der Waals surface area (Å²) in [6.07, 6.45) is 0. The van der Waals surface area contributed by atoms with Crippen LogP contribution in [0.1, 0.15) is 19.4 Å². The number of hydrogen-bond donors (Lipinski definition) is 1. The number of carbonyl (C=O) groups is 1.